The van der Waals surface area contributed by atoms with Crippen molar-refractivity contribution in [1.29, 1.82) is 0 Å². The monoisotopic (exact) mass is 443 g/mol. The Labute approximate surface area is 192 Å². The third-order valence-electron chi connectivity index (χ3n) is 5.76. The predicted octanol–water partition coefficient (Wildman–Crippen LogP) is 5.83. The van der Waals surface area contributed by atoms with E-state index in [4.69, 9.17) is 9.47 Å². The highest BCUT2D eigenvalue weighted by atomic mass is 31.1. The van der Waals surface area contributed by atoms with Gasteiger partial charge in [0.2, 0.25) is 0 Å². The second-order valence-electron chi connectivity index (χ2n) is 10.1. The Hall–Kier alpha value is -1.41. The summed E-state index contributed by atoms with van der Waals surface area (Å²) in [5.74, 6) is 0.965. The highest BCUT2D eigenvalue weighted by Crippen LogP contribution is 2.32. The zero-order valence-corrected chi connectivity index (χ0v) is 22.2. The van der Waals surface area contributed by atoms with E-state index in [0.29, 0.717) is 20.7 Å². The van der Waals surface area contributed by atoms with Gasteiger partial charge in [-0.3, -0.25) is 4.90 Å². The van der Waals surface area contributed by atoms with E-state index in [1.165, 1.54) is 32.9 Å². The molecule has 172 valence electrons. The highest BCUT2D eigenvalue weighted by Gasteiger charge is 2.21. The van der Waals surface area contributed by atoms with Gasteiger partial charge in [0.25, 0.3) is 0 Å². The molecule has 0 bridgehead atoms. The van der Waals surface area contributed by atoms with E-state index in [0.717, 1.165) is 12.3 Å². The van der Waals surface area contributed by atoms with Crippen LogP contribution >= 0.6 is 8.58 Å². The van der Waals surface area contributed by atoms with Crippen molar-refractivity contribution < 1.29 is 9.47 Å². The van der Waals surface area contributed by atoms with E-state index in [-0.39, 0.29) is 12.2 Å². The van der Waals surface area contributed by atoms with Gasteiger partial charge in [0.05, 0.1) is 0 Å². The zero-order chi connectivity index (χ0) is 23.3. The minimum absolute atomic E-state index is 0.0877. The lowest BCUT2D eigenvalue weighted by Crippen LogP contribution is -2.37. The first kappa shape index (κ1) is 25.8. The number of hydrogen-bond donors (Lipinski definition) is 0. The molecule has 0 saturated heterocycles. The van der Waals surface area contributed by atoms with Crippen molar-refractivity contribution in [2.45, 2.75) is 86.4 Å². The number of nitrogens with zero attached hydrogens (tertiary/aromatic N) is 1. The fraction of sp³-hybridized carbons (Fsp3) is 0.556. The summed E-state index contributed by atoms with van der Waals surface area (Å²) in [6.45, 7) is 21.5. The van der Waals surface area contributed by atoms with Crippen molar-refractivity contribution in [3.8, 4) is 5.75 Å². The third kappa shape index (κ3) is 6.78. The van der Waals surface area contributed by atoms with E-state index in [9.17, 15) is 0 Å². The summed E-state index contributed by atoms with van der Waals surface area (Å²) in [7, 11) is 2.21. The molecule has 0 fully saturated rings. The van der Waals surface area contributed by atoms with Crippen molar-refractivity contribution in [2.24, 2.45) is 0 Å². The minimum atomic E-state index is 0.0877. The Morgan fingerprint density at radius 2 is 1.61 bits per heavy atom. The molecular formula is C27H42NO2P. The summed E-state index contributed by atoms with van der Waals surface area (Å²) in [4.78, 5) is 2.56. The molecule has 2 rings (SSSR count). The molecule has 1 atom stereocenters. The first-order valence-corrected chi connectivity index (χ1v) is 12.3. The molecule has 0 radical (unpaired) electrons. The molecule has 0 N–H and O–H groups in total. The number of ether oxygens (including phenoxy) is 2. The number of methoxy groups -OCH3 is 1. The second-order valence-corrected chi connectivity index (χ2v) is 11.4. The van der Waals surface area contributed by atoms with Gasteiger partial charge < -0.3 is 9.47 Å². The lowest BCUT2D eigenvalue weighted by molar-refractivity contribution is 0.0514. The number of benzene rings is 2. The van der Waals surface area contributed by atoms with Crippen molar-refractivity contribution in [2.75, 3.05) is 13.9 Å². The van der Waals surface area contributed by atoms with Gasteiger partial charge >= 0.3 is 0 Å². The Balaban J connectivity index is 2.55. The highest BCUT2D eigenvalue weighted by molar-refractivity contribution is 7.56. The number of rotatable bonds is 9. The van der Waals surface area contributed by atoms with Crippen molar-refractivity contribution in [3.05, 3.63) is 52.6 Å². The molecule has 0 aliphatic rings. The molecule has 0 aliphatic heterocycles. The Morgan fingerprint density at radius 1 is 0.968 bits per heavy atom. The molecule has 0 saturated carbocycles. The lowest BCUT2D eigenvalue weighted by atomic mass is 9.86. The van der Waals surface area contributed by atoms with Gasteiger partial charge in [-0.15, -0.1) is 0 Å². The molecule has 2 aromatic rings. The standard InChI is InChI=1S/C27H42NO2P/c1-18(2)28(19(3)4)16-22-13-11-12-20(5)26(22)31-24-15-23(27(7,8)9)14-21(6)25(24)30-17-29-10/h11-15,18-19,31H,16-17H2,1-10H3. The van der Waals surface area contributed by atoms with Crippen LogP contribution in [0.5, 0.6) is 5.75 Å². The molecule has 0 aromatic heterocycles. The first-order valence-electron chi connectivity index (χ1n) is 11.3. The van der Waals surface area contributed by atoms with E-state index in [2.05, 4.69) is 97.5 Å². The summed E-state index contributed by atoms with van der Waals surface area (Å²) in [5.41, 5.74) is 5.37. The zero-order valence-electron chi connectivity index (χ0n) is 21.2. The molecule has 0 heterocycles. The molecule has 0 aliphatic carbocycles. The average molecular weight is 444 g/mol. The molecule has 0 amide bonds. The molecular weight excluding hydrogens is 401 g/mol. The van der Waals surface area contributed by atoms with Crippen LogP contribution in [0.1, 0.15) is 70.7 Å². The van der Waals surface area contributed by atoms with Gasteiger partial charge in [0.1, 0.15) is 5.75 Å². The maximum absolute atomic E-state index is 6.07. The maximum Gasteiger partial charge on any atom is 0.188 e. The number of aryl methyl sites for hydroxylation is 2. The van der Waals surface area contributed by atoms with Crippen LogP contribution in [0.3, 0.4) is 0 Å². The summed E-state index contributed by atoms with van der Waals surface area (Å²) in [6, 6.07) is 12.3. The van der Waals surface area contributed by atoms with E-state index in [1.54, 1.807) is 7.11 Å². The van der Waals surface area contributed by atoms with Crippen molar-refractivity contribution in [1.82, 2.24) is 4.90 Å². The van der Waals surface area contributed by atoms with Crippen LogP contribution in [0.4, 0.5) is 0 Å². The van der Waals surface area contributed by atoms with Crippen LogP contribution in [-0.4, -0.2) is 30.9 Å². The van der Waals surface area contributed by atoms with Crippen LogP contribution in [0.25, 0.3) is 0 Å². The summed E-state index contributed by atoms with van der Waals surface area (Å²) < 4.78 is 11.3. The quantitative estimate of drug-likeness (QED) is 0.359. The van der Waals surface area contributed by atoms with Crippen LogP contribution in [0.2, 0.25) is 0 Å². The molecule has 4 heteroatoms. The van der Waals surface area contributed by atoms with Crippen molar-refractivity contribution >= 4 is 19.2 Å². The summed E-state index contributed by atoms with van der Waals surface area (Å²) >= 11 is 0. The van der Waals surface area contributed by atoms with Gasteiger partial charge in [-0.25, -0.2) is 0 Å². The first-order chi connectivity index (χ1) is 14.5. The predicted molar refractivity (Wildman–Crippen MR) is 137 cm³/mol. The van der Waals surface area contributed by atoms with Crippen molar-refractivity contribution in [3.63, 3.8) is 0 Å². The van der Waals surface area contributed by atoms with E-state index >= 15 is 0 Å². The van der Waals surface area contributed by atoms with E-state index < -0.39 is 0 Å². The van der Waals surface area contributed by atoms with Gasteiger partial charge in [-0.1, -0.05) is 53.6 Å². The Morgan fingerprint density at radius 3 is 2.16 bits per heavy atom. The van der Waals surface area contributed by atoms with Crippen LogP contribution in [0.15, 0.2) is 30.3 Å². The topological polar surface area (TPSA) is 21.7 Å². The van der Waals surface area contributed by atoms with Crippen LogP contribution in [0, 0.1) is 13.8 Å². The van der Waals surface area contributed by atoms with Gasteiger partial charge in [-0.2, -0.15) is 0 Å². The SMILES string of the molecule is COCOc1c(C)cc(C(C)(C)C)cc1Pc1c(C)cccc1CN(C(C)C)C(C)C. The molecule has 1 unspecified atom stereocenters. The largest absolute Gasteiger partial charge is 0.467 e. The minimum Gasteiger partial charge on any atom is -0.467 e. The average Bonchev–Trinajstić information content (AvgIpc) is 2.66. The van der Waals surface area contributed by atoms with Crippen LogP contribution < -0.4 is 15.3 Å². The third-order valence-corrected chi connectivity index (χ3v) is 7.37. The Bertz CT molecular complexity index is 860. The molecule has 3 nitrogen and oxygen atoms in total. The summed E-state index contributed by atoms with van der Waals surface area (Å²) in [6.07, 6.45) is 0. The van der Waals surface area contributed by atoms with Gasteiger partial charge in [-0.05, 0) is 80.6 Å². The summed E-state index contributed by atoms with van der Waals surface area (Å²) in [5, 5.41) is 2.69. The fourth-order valence-electron chi connectivity index (χ4n) is 3.94. The van der Waals surface area contributed by atoms with E-state index in [1.807, 2.05) is 0 Å². The van der Waals surface area contributed by atoms with Gasteiger partial charge in [0, 0.05) is 31.0 Å². The van der Waals surface area contributed by atoms with Crippen LogP contribution in [-0.2, 0) is 16.7 Å². The fourth-order valence-corrected chi connectivity index (χ4v) is 5.42. The number of hydrogen-bond acceptors (Lipinski definition) is 3. The molecule has 2 aromatic carbocycles. The Kier molecular flexibility index (Phi) is 9.13. The maximum atomic E-state index is 6.07. The smallest absolute Gasteiger partial charge is 0.188 e. The van der Waals surface area contributed by atoms with Gasteiger partial charge in [0.15, 0.2) is 6.79 Å². The second kappa shape index (κ2) is 10.9. The normalized spacial score (nSPS) is 12.7. The lowest BCUT2D eigenvalue weighted by Gasteiger charge is -2.31. The molecule has 31 heavy (non-hydrogen) atoms. The molecule has 0 spiro atoms.